The highest BCUT2D eigenvalue weighted by atomic mass is 19.1. The maximum Gasteiger partial charge on any atom is 0.258 e. The molecule has 4 heteroatoms. The molecule has 2 rings (SSSR count). The molecule has 2 aromatic rings. The molecule has 3 nitrogen and oxygen atoms in total. The molecule has 1 aromatic carbocycles. The quantitative estimate of drug-likeness (QED) is 0.662. The molecule has 1 N–H and O–H groups in total. The van der Waals surface area contributed by atoms with E-state index in [2.05, 4.69) is 9.97 Å². The van der Waals surface area contributed by atoms with Crippen molar-refractivity contribution in [2.45, 2.75) is 6.92 Å². The molecule has 0 bridgehead atoms. The molecule has 13 heavy (non-hydrogen) atoms. The molecule has 0 saturated heterocycles. The van der Waals surface area contributed by atoms with Gasteiger partial charge in [-0.2, -0.15) is 0 Å². The number of halogens is 1. The van der Waals surface area contributed by atoms with E-state index < -0.39 is 5.82 Å². The van der Waals surface area contributed by atoms with Gasteiger partial charge in [0.15, 0.2) is 5.82 Å². The van der Waals surface area contributed by atoms with Crippen LogP contribution in [0.4, 0.5) is 4.39 Å². The molecular weight excluding hydrogens is 171 g/mol. The van der Waals surface area contributed by atoms with Crippen molar-refractivity contribution < 1.29 is 4.39 Å². The molecule has 0 amide bonds. The Labute approximate surface area is 73.2 Å². The number of nitrogens with zero attached hydrogens (tertiary/aromatic N) is 1. The largest absolute Gasteiger partial charge is 0.313 e. The van der Waals surface area contributed by atoms with E-state index in [1.54, 1.807) is 19.1 Å². The fourth-order valence-electron chi connectivity index (χ4n) is 1.21. The summed E-state index contributed by atoms with van der Waals surface area (Å²) in [4.78, 5) is 17.3. The number of benzene rings is 1. The molecule has 0 fully saturated rings. The molecule has 0 aliphatic heterocycles. The average Bonchev–Trinajstić information content (AvgIpc) is 2.12. The first-order valence-corrected chi connectivity index (χ1v) is 3.82. The lowest BCUT2D eigenvalue weighted by Gasteiger charge is -1.99. The summed E-state index contributed by atoms with van der Waals surface area (Å²) in [5.41, 5.74) is 0.304. The SMILES string of the molecule is Cc1ccc2c(=O)[nH]cnc2c1F. The Hall–Kier alpha value is -1.71. The zero-order valence-corrected chi connectivity index (χ0v) is 6.97. The van der Waals surface area contributed by atoms with Gasteiger partial charge in [0.1, 0.15) is 5.52 Å². The van der Waals surface area contributed by atoms with Gasteiger partial charge in [0.25, 0.3) is 5.56 Å². The van der Waals surface area contributed by atoms with Gasteiger partial charge in [0, 0.05) is 0 Å². The first-order chi connectivity index (χ1) is 6.20. The number of rotatable bonds is 0. The summed E-state index contributed by atoms with van der Waals surface area (Å²) in [5, 5.41) is 0.283. The van der Waals surface area contributed by atoms with Gasteiger partial charge >= 0.3 is 0 Å². The van der Waals surface area contributed by atoms with Crippen molar-refractivity contribution in [1.29, 1.82) is 0 Å². The van der Waals surface area contributed by atoms with Crippen LogP contribution in [0.2, 0.25) is 0 Å². The van der Waals surface area contributed by atoms with E-state index in [9.17, 15) is 9.18 Å². The lowest BCUT2D eigenvalue weighted by atomic mass is 10.1. The summed E-state index contributed by atoms with van der Waals surface area (Å²) in [6.45, 7) is 1.64. The Bertz CT molecular complexity index is 518. The van der Waals surface area contributed by atoms with Crippen LogP contribution in [-0.4, -0.2) is 9.97 Å². The van der Waals surface area contributed by atoms with Crippen molar-refractivity contribution in [3.8, 4) is 0 Å². The van der Waals surface area contributed by atoms with E-state index in [1.165, 1.54) is 6.33 Å². The molecule has 66 valence electrons. The fraction of sp³-hybridized carbons (Fsp3) is 0.111. The van der Waals surface area contributed by atoms with Crippen LogP contribution >= 0.6 is 0 Å². The second kappa shape index (κ2) is 2.65. The van der Waals surface area contributed by atoms with E-state index in [0.717, 1.165) is 0 Å². The van der Waals surface area contributed by atoms with Gasteiger partial charge in [0.05, 0.1) is 11.7 Å². The standard InChI is InChI=1S/C9H7FN2O/c1-5-2-3-6-8(7(5)10)11-4-12-9(6)13/h2-4H,1H3,(H,11,12,13). The summed E-state index contributed by atoms with van der Waals surface area (Å²) in [6, 6.07) is 3.13. The van der Waals surface area contributed by atoms with Gasteiger partial charge in [-0.05, 0) is 18.6 Å². The highest BCUT2D eigenvalue weighted by molar-refractivity contribution is 5.78. The van der Waals surface area contributed by atoms with Crippen molar-refractivity contribution >= 4 is 10.9 Å². The average molecular weight is 178 g/mol. The number of hydrogen-bond donors (Lipinski definition) is 1. The zero-order chi connectivity index (χ0) is 9.42. The molecule has 0 aliphatic carbocycles. The number of aryl methyl sites for hydroxylation is 1. The molecule has 0 aliphatic rings. The molecular formula is C9H7FN2O. The van der Waals surface area contributed by atoms with Crippen molar-refractivity contribution in [1.82, 2.24) is 9.97 Å². The second-order valence-electron chi connectivity index (χ2n) is 2.82. The molecule has 0 radical (unpaired) electrons. The predicted molar refractivity (Wildman–Crippen MR) is 47.1 cm³/mol. The van der Waals surface area contributed by atoms with Crippen LogP contribution in [0, 0.1) is 12.7 Å². The molecule has 0 saturated carbocycles. The molecule has 1 heterocycles. The summed E-state index contributed by atoms with van der Waals surface area (Å²) < 4.78 is 13.4. The van der Waals surface area contributed by atoms with Gasteiger partial charge in [0.2, 0.25) is 0 Å². The monoisotopic (exact) mass is 178 g/mol. The molecule has 0 atom stereocenters. The van der Waals surface area contributed by atoms with Crippen molar-refractivity contribution in [3.05, 3.63) is 40.2 Å². The summed E-state index contributed by atoms with van der Waals surface area (Å²) >= 11 is 0. The van der Waals surface area contributed by atoms with E-state index in [0.29, 0.717) is 5.56 Å². The Kier molecular flexibility index (Phi) is 1.62. The third-order valence-electron chi connectivity index (χ3n) is 1.94. The van der Waals surface area contributed by atoms with Crippen LogP contribution in [0.3, 0.4) is 0 Å². The topological polar surface area (TPSA) is 45.8 Å². The normalized spacial score (nSPS) is 10.6. The minimum absolute atomic E-state index is 0.128. The molecule has 0 spiro atoms. The lowest BCUT2D eigenvalue weighted by molar-refractivity contribution is 0.627. The Morgan fingerprint density at radius 2 is 2.23 bits per heavy atom. The predicted octanol–water partition coefficient (Wildman–Crippen LogP) is 1.37. The van der Waals surface area contributed by atoms with Crippen molar-refractivity contribution in [2.24, 2.45) is 0 Å². The fourth-order valence-corrected chi connectivity index (χ4v) is 1.21. The maximum absolute atomic E-state index is 13.4. The van der Waals surface area contributed by atoms with Gasteiger partial charge in [-0.25, -0.2) is 9.37 Å². The minimum atomic E-state index is -0.427. The lowest BCUT2D eigenvalue weighted by Crippen LogP contribution is -2.07. The zero-order valence-electron chi connectivity index (χ0n) is 6.97. The third kappa shape index (κ3) is 1.11. The summed E-state index contributed by atoms with van der Waals surface area (Å²) in [5.74, 6) is -0.427. The van der Waals surface area contributed by atoms with E-state index >= 15 is 0 Å². The number of nitrogens with one attached hydrogen (secondary N) is 1. The van der Waals surface area contributed by atoms with Gasteiger partial charge in [-0.3, -0.25) is 4.79 Å². The number of hydrogen-bond acceptors (Lipinski definition) is 2. The van der Waals surface area contributed by atoms with E-state index in [1.807, 2.05) is 0 Å². The van der Waals surface area contributed by atoms with E-state index in [4.69, 9.17) is 0 Å². The Morgan fingerprint density at radius 1 is 1.46 bits per heavy atom. The number of aromatic nitrogens is 2. The highest BCUT2D eigenvalue weighted by Crippen LogP contribution is 2.14. The first kappa shape index (κ1) is 7.91. The number of aromatic amines is 1. The number of H-pyrrole nitrogens is 1. The number of fused-ring (bicyclic) bond motifs is 1. The van der Waals surface area contributed by atoms with Gasteiger partial charge in [-0.15, -0.1) is 0 Å². The van der Waals surface area contributed by atoms with Crippen LogP contribution in [0.5, 0.6) is 0 Å². The van der Waals surface area contributed by atoms with Gasteiger partial charge in [-0.1, -0.05) is 6.07 Å². The smallest absolute Gasteiger partial charge is 0.258 e. The first-order valence-electron chi connectivity index (χ1n) is 3.82. The summed E-state index contributed by atoms with van der Waals surface area (Å²) in [7, 11) is 0. The van der Waals surface area contributed by atoms with Crippen LogP contribution in [0.1, 0.15) is 5.56 Å². The molecule has 0 unspecified atom stereocenters. The third-order valence-corrected chi connectivity index (χ3v) is 1.94. The van der Waals surface area contributed by atoms with Gasteiger partial charge < -0.3 is 4.98 Å². The summed E-state index contributed by atoms with van der Waals surface area (Å²) in [6.07, 6.45) is 1.20. The maximum atomic E-state index is 13.4. The van der Waals surface area contributed by atoms with Crippen LogP contribution in [0.25, 0.3) is 10.9 Å². The van der Waals surface area contributed by atoms with Crippen LogP contribution in [-0.2, 0) is 0 Å². The Morgan fingerprint density at radius 3 is 3.00 bits per heavy atom. The van der Waals surface area contributed by atoms with Crippen molar-refractivity contribution in [3.63, 3.8) is 0 Å². The molecule has 1 aromatic heterocycles. The van der Waals surface area contributed by atoms with Crippen LogP contribution < -0.4 is 5.56 Å². The van der Waals surface area contributed by atoms with Crippen LogP contribution in [0.15, 0.2) is 23.3 Å². The highest BCUT2D eigenvalue weighted by Gasteiger charge is 2.06. The second-order valence-corrected chi connectivity index (χ2v) is 2.82. The Balaban J connectivity index is 3.03. The minimum Gasteiger partial charge on any atom is -0.313 e. The van der Waals surface area contributed by atoms with Crippen molar-refractivity contribution in [2.75, 3.05) is 0 Å². The van der Waals surface area contributed by atoms with E-state index in [-0.39, 0.29) is 16.5 Å².